The van der Waals surface area contributed by atoms with E-state index in [2.05, 4.69) is 62.4 Å². The minimum Gasteiger partial charge on any atom is -0.496 e. The highest BCUT2D eigenvalue weighted by molar-refractivity contribution is 5.86. The fourth-order valence-corrected chi connectivity index (χ4v) is 4.24. The molecule has 0 spiro atoms. The van der Waals surface area contributed by atoms with E-state index in [0.717, 1.165) is 62.4 Å². The van der Waals surface area contributed by atoms with E-state index in [9.17, 15) is 0 Å². The molecule has 0 aliphatic carbocycles. The van der Waals surface area contributed by atoms with Crippen LogP contribution >= 0.6 is 0 Å². The molecule has 0 radical (unpaired) electrons. The van der Waals surface area contributed by atoms with Crippen LogP contribution in [0.4, 0.5) is 11.8 Å². The minimum atomic E-state index is -0.223. The third-order valence-electron chi connectivity index (χ3n) is 6.10. The molecule has 178 valence electrons. The largest absolute Gasteiger partial charge is 0.496 e. The first-order chi connectivity index (χ1) is 16.0. The lowest BCUT2D eigenvalue weighted by atomic mass is 10.1. The number of piperazine rings is 1. The molecule has 1 aromatic carbocycles. The number of hydrogen-bond acceptors (Lipinski definition) is 9. The van der Waals surface area contributed by atoms with Crippen LogP contribution < -0.4 is 21.5 Å². The maximum absolute atomic E-state index is 6.21. The summed E-state index contributed by atoms with van der Waals surface area (Å²) in [6, 6.07) is 6.42. The van der Waals surface area contributed by atoms with Crippen LogP contribution in [0.5, 0.6) is 5.75 Å². The molecule has 5 N–H and O–H groups in total. The van der Waals surface area contributed by atoms with Crippen molar-refractivity contribution < 1.29 is 4.74 Å². The zero-order chi connectivity index (χ0) is 23.4. The first-order valence-electron chi connectivity index (χ1n) is 11.5. The molecule has 1 aliphatic rings. The zero-order valence-corrected chi connectivity index (χ0v) is 19.8. The van der Waals surface area contributed by atoms with Crippen molar-refractivity contribution in [2.75, 3.05) is 51.4 Å². The number of nitrogens with two attached hydrogens (primary N) is 2. The smallest absolute Gasteiger partial charge is 0.222 e. The molecule has 1 unspecified atom stereocenters. The lowest BCUT2D eigenvalue weighted by molar-refractivity contribution is 0.148. The van der Waals surface area contributed by atoms with Crippen molar-refractivity contribution in [3.05, 3.63) is 35.5 Å². The van der Waals surface area contributed by atoms with E-state index in [-0.39, 0.29) is 12.1 Å². The summed E-state index contributed by atoms with van der Waals surface area (Å²) in [5.41, 5.74) is 15.9. The summed E-state index contributed by atoms with van der Waals surface area (Å²) >= 11 is 0. The first-order valence-corrected chi connectivity index (χ1v) is 11.5. The summed E-state index contributed by atoms with van der Waals surface area (Å²) in [7, 11) is 3.88. The fourth-order valence-electron chi connectivity index (χ4n) is 4.24. The maximum Gasteiger partial charge on any atom is 0.222 e. The van der Waals surface area contributed by atoms with Gasteiger partial charge in [0.15, 0.2) is 5.82 Å². The lowest BCUT2D eigenvalue weighted by Crippen LogP contribution is -2.43. The van der Waals surface area contributed by atoms with Crippen LogP contribution in [0.1, 0.15) is 30.9 Å². The number of fused-ring (bicyclic) bond motifs is 1. The van der Waals surface area contributed by atoms with Gasteiger partial charge in [-0.15, -0.1) is 0 Å². The van der Waals surface area contributed by atoms with Crippen molar-refractivity contribution in [1.29, 1.82) is 0 Å². The number of nitrogen functional groups attached to an aromatic ring is 1. The highest BCUT2D eigenvalue weighted by atomic mass is 16.5. The van der Waals surface area contributed by atoms with Gasteiger partial charge < -0.3 is 26.4 Å². The summed E-state index contributed by atoms with van der Waals surface area (Å²) in [6.45, 7) is 7.91. The predicted octanol–water partition coefficient (Wildman–Crippen LogP) is 1.71. The van der Waals surface area contributed by atoms with Gasteiger partial charge in [0.05, 0.1) is 26.0 Å². The van der Waals surface area contributed by atoms with Gasteiger partial charge in [-0.1, -0.05) is 25.5 Å². The van der Waals surface area contributed by atoms with Gasteiger partial charge in [-0.25, -0.2) is 4.98 Å². The average molecular weight is 454 g/mol. The number of likely N-dealkylation sites (N-methyl/N-ethyl adjacent to an activating group) is 1. The SMILES string of the molecule is CCCC(N)Nc1nc(N)nc2cnn(Cc3ccc(CN4CCN(C)CC4)cc3OC)c12. The summed E-state index contributed by atoms with van der Waals surface area (Å²) in [4.78, 5) is 13.6. The van der Waals surface area contributed by atoms with Gasteiger partial charge in [0.1, 0.15) is 16.8 Å². The van der Waals surface area contributed by atoms with Crippen molar-refractivity contribution in [3.63, 3.8) is 0 Å². The Bertz CT molecular complexity index is 1080. The van der Waals surface area contributed by atoms with Gasteiger partial charge in [-0.3, -0.25) is 9.58 Å². The van der Waals surface area contributed by atoms with Gasteiger partial charge >= 0.3 is 0 Å². The Labute approximate surface area is 194 Å². The number of ether oxygens (including phenoxy) is 1. The van der Waals surface area contributed by atoms with Crippen LogP contribution in [-0.4, -0.2) is 76.1 Å². The maximum atomic E-state index is 6.21. The number of methoxy groups -OCH3 is 1. The Morgan fingerprint density at radius 2 is 1.94 bits per heavy atom. The monoisotopic (exact) mass is 453 g/mol. The van der Waals surface area contributed by atoms with Crippen LogP contribution in [0.2, 0.25) is 0 Å². The third-order valence-corrected chi connectivity index (χ3v) is 6.10. The molecule has 4 rings (SSSR count). The molecule has 3 heterocycles. The van der Waals surface area contributed by atoms with Crippen molar-refractivity contribution in [3.8, 4) is 5.75 Å². The van der Waals surface area contributed by atoms with E-state index in [1.807, 2.05) is 4.68 Å². The van der Waals surface area contributed by atoms with Gasteiger partial charge in [-0.2, -0.15) is 10.1 Å². The van der Waals surface area contributed by atoms with Crippen molar-refractivity contribution in [1.82, 2.24) is 29.5 Å². The number of nitrogens with one attached hydrogen (secondary N) is 1. The molecule has 1 saturated heterocycles. The molecule has 0 bridgehead atoms. The summed E-state index contributed by atoms with van der Waals surface area (Å²) in [5, 5.41) is 7.82. The second-order valence-corrected chi connectivity index (χ2v) is 8.73. The standard InChI is InChI=1S/C23H35N9O/c1-4-5-20(24)28-22-21-18(27-23(25)29-22)13-26-32(21)15-17-7-6-16(12-19(17)33-3)14-31-10-8-30(2)9-11-31/h6-7,12-13,20H,4-5,8-11,14-15,24H2,1-3H3,(H3,25,27,28,29). The topological polar surface area (TPSA) is 123 Å². The van der Waals surface area contributed by atoms with E-state index in [4.69, 9.17) is 16.2 Å². The highest BCUT2D eigenvalue weighted by Crippen LogP contribution is 2.26. The highest BCUT2D eigenvalue weighted by Gasteiger charge is 2.18. The Morgan fingerprint density at radius 1 is 1.15 bits per heavy atom. The summed E-state index contributed by atoms with van der Waals surface area (Å²) < 4.78 is 7.61. The lowest BCUT2D eigenvalue weighted by Gasteiger charge is -2.32. The molecule has 33 heavy (non-hydrogen) atoms. The first kappa shape index (κ1) is 23.2. The van der Waals surface area contributed by atoms with E-state index in [1.54, 1.807) is 13.3 Å². The number of hydrogen-bond donors (Lipinski definition) is 3. The molecule has 3 aromatic rings. The third kappa shape index (κ3) is 5.52. The molecule has 1 aliphatic heterocycles. The Morgan fingerprint density at radius 3 is 2.67 bits per heavy atom. The van der Waals surface area contributed by atoms with E-state index >= 15 is 0 Å². The van der Waals surface area contributed by atoms with Crippen LogP contribution in [0.25, 0.3) is 11.0 Å². The van der Waals surface area contributed by atoms with Gasteiger partial charge in [0.2, 0.25) is 5.95 Å². The van der Waals surface area contributed by atoms with Crippen molar-refractivity contribution in [2.24, 2.45) is 5.73 Å². The molecule has 10 heteroatoms. The normalized spacial score (nSPS) is 16.2. The second-order valence-electron chi connectivity index (χ2n) is 8.73. The van der Waals surface area contributed by atoms with Gasteiger partial charge in [0.25, 0.3) is 0 Å². The molecular formula is C23H35N9O. The molecule has 10 nitrogen and oxygen atoms in total. The number of nitrogens with zero attached hydrogens (tertiary/aromatic N) is 6. The zero-order valence-electron chi connectivity index (χ0n) is 19.8. The summed E-state index contributed by atoms with van der Waals surface area (Å²) in [5.74, 6) is 1.64. The fraction of sp³-hybridized carbons (Fsp3) is 0.522. The van der Waals surface area contributed by atoms with E-state index in [1.165, 1.54) is 5.56 Å². The quantitative estimate of drug-likeness (QED) is 0.415. The Hall–Kier alpha value is -2.95. The van der Waals surface area contributed by atoms with Gasteiger partial charge in [-0.05, 0) is 25.1 Å². The van der Waals surface area contributed by atoms with E-state index in [0.29, 0.717) is 17.9 Å². The predicted molar refractivity (Wildman–Crippen MR) is 131 cm³/mol. The van der Waals surface area contributed by atoms with Crippen LogP contribution in [0.3, 0.4) is 0 Å². The van der Waals surface area contributed by atoms with Crippen LogP contribution in [0.15, 0.2) is 24.4 Å². The Kier molecular flexibility index (Phi) is 7.26. The number of anilines is 2. The van der Waals surface area contributed by atoms with Crippen LogP contribution in [-0.2, 0) is 13.1 Å². The molecular weight excluding hydrogens is 418 g/mol. The molecule has 0 amide bonds. The molecule has 0 saturated carbocycles. The minimum absolute atomic E-state index is 0.194. The van der Waals surface area contributed by atoms with Gasteiger partial charge in [0, 0.05) is 38.3 Å². The molecule has 1 atom stereocenters. The Balaban J connectivity index is 1.57. The number of aromatic nitrogens is 4. The van der Waals surface area contributed by atoms with Crippen molar-refractivity contribution in [2.45, 2.75) is 39.0 Å². The van der Waals surface area contributed by atoms with Crippen molar-refractivity contribution >= 4 is 22.8 Å². The van der Waals surface area contributed by atoms with Crippen LogP contribution in [0, 0.1) is 0 Å². The number of rotatable bonds is 9. The number of benzene rings is 1. The second kappa shape index (κ2) is 10.3. The van der Waals surface area contributed by atoms with E-state index < -0.39 is 0 Å². The molecule has 2 aromatic heterocycles. The average Bonchev–Trinajstić information content (AvgIpc) is 3.19. The summed E-state index contributed by atoms with van der Waals surface area (Å²) in [6.07, 6.45) is 3.27. The molecule has 1 fully saturated rings.